The highest BCUT2D eigenvalue weighted by Crippen LogP contribution is 2.33. The number of nitrogens with one attached hydrogen (secondary N) is 1. The summed E-state index contributed by atoms with van der Waals surface area (Å²) < 4.78 is 20.7. The number of fused-ring (bicyclic) bond motifs is 1. The van der Waals surface area contributed by atoms with Gasteiger partial charge in [-0.3, -0.25) is 4.79 Å². The molecule has 5 nitrogen and oxygen atoms in total. The average Bonchev–Trinajstić information content (AvgIpc) is 2.77. The van der Waals surface area contributed by atoms with E-state index in [9.17, 15) is 14.4 Å². The topological polar surface area (TPSA) is 78.9 Å². The number of benzene rings is 2. The second kappa shape index (κ2) is 8.27. The average molecular weight is 427 g/mol. The Morgan fingerprint density at radius 1 is 1.12 bits per heavy atom. The molecule has 0 spiro atoms. The van der Waals surface area contributed by atoms with E-state index >= 15 is 0 Å². The smallest absolute Gasteiger partial charge is 0.196 e. The Labute approximate surface area is 185 Å². The lowest BCUT2D eigenvalue weighted by Gasteiger charge is -2.19. The monoisotopic (exact) mass is 427 g/mol. The first kappa shape index (κ1) is 21.3. The molecule has 4 aromatic rings. The molecule has 0 unspecified atom stereocenters. The number of aryl methyl sites for hydroxylation is 2. The molecule has 32 heavy (non-hydrogen) atoms. The van der Waals surface area contributed by atoms with Crippen LogP contribution in [0.25, 0.3) is 22.3 Å². The summed E-state index contributed by atoms with van der Waals surface area (Å²) in [4.78, 5) is 17.5. The maximum atomic E-state index is 14.5. The van der Waals surface area contributed by atoms with Crippen LogP contribution in [0.1, 0.15) is 41.0 Å². The molecule has 0 amide bonds. The molecule has 2 aromatic carbocycles. The van der Waals surface area contributed by atoms with E-state index in [1.807, 2.05) is 32.9 Å². The number of halogens is 1. The Bertz CT molecular complexity index is 1450. The molecule has 1 atom stereocenters. The third kappa shape index (κ3) is 3.74. The van der Waals surface area contributed by atoms with Gasteiger partial charge in [0.05, 0.1) is 22.7 Å². The first-order valence-corrected chi connectivity index (χ1v) is 10.3. The van der Waals surface area contributed by atoms with Crippen molar-refractivity contribution in [3.8, 4) is 17.4 Å². The van der Waals surface area contributed by atoms with Gasteiger partial charge >= 0.3 is 0 Å². The van der Waals surface area contributed by atoms with Gasteiger partial charge in [0.25, 0.3) is 0 Å². The van der Waals surface area contributed by atoms with Crippen LogP contribution in [0.3, 0.4) is 0 Å². The fourth-order valence-corrected chi connectivity index (χ4v) is 3.86. The van der Waals surface area contributed by atoms with Crippen molar-refractivity contribution in [2.75, 3.05) is 5.32 Å². The number of rotatable bonds is 4. The van der Waals surface area contributed by atoms with Crippen LogP contribution in [0.5, 0.6) is 0 Å². The van der Waals surface area contributed by atoms with Gasteiger partial charge in [0, 0.05) is 16.8 Å². The minimum Gasteiger partial charge on any atom is -0.455 e. The van der Waals surface area contributed by atoms with Gasteiger partial charge in [0.15, 0.2) is 11.1 Å². The second-order valence-corrected chi connectivity index (χ2v) is 7.92. The van der Waals surface area contributed by atoms with E-state index in [-0.39, 0.29) is 28.5 Å². The summed E-state index contributed by atoms with van der Waals surface area (Å²) in [5.41, 5.74) is 4.05. The van der Waals surface area contributed by atoms with Gasteiger partial charge in [-0.05, 0) is 63.6 Å². The molecule has 1 N–H and O–H groups in total. The fraction of sp³-hybridized carbons (Fsp3) is 0.192. The van der Waals surface area contributed by atoms with E-state index in [4.69, 9.17) is 4.42 Å². The summed E-state index contributed by atoms with van der Waals surface area (Å²) in [7, 11) is 0. The van der Waals surface area contributed by atoms with Gasteiger partial charge in [-0.1, -0.05) is 18.2 Å². The number of nitrogens with zero attached hydrogens (tertiary/aromatic N) is 2. The molecular formula is C26H22FN3O2. The van der Waals surface area contributed by atoms with Crippen molar-refractivity contribution in [2.24, 2.45) is 0 Å². The summed E-state index contributed by atoms with van der Waals surface area (Å²) in [5, 5.41) is 13.2. The van der Waals surface area contributed by atoms with Crippen LogP contribution in [-0.2, 0) is 0 Å². The van der Waals surface area contributed by atoms with Gasteiger partial charge in [-0.15, -0.1) is 0 Å². The highest BCUT2D eigenvalue weighted by atomic mass is 19.1. The number of nitriles is 1. The van der Waals surface area contributed by atoms with Crippen LogP contribution in [0.2, 0.25) is 0 Å². The van der Waals surface area contributed by atoms with Crippen molar-refractivity contribution in [3.05, 3.63) is 92.6 Å². The van der Waals surface area contributed by atoms with Crippen LogP contribution in [-0.4, -0.2) is 4.98 Å². The SMILES string of the molecule is Cc1cc([C@@H](C)Nc2ccc(C)nc2C#N)c2oc(-c3ccccc3F)c(C)c(=O)c2c1. The lowest BCUT2D eigenvalue weighted by molar-refractivity contribution is 0.586. The minimum atomic E-state index is -0.456. The summed E-state index contributed by atoms with van der Waals surface area (Å²) >= 11 is 0. The molecular weight excluding hydrogens is 405 g/mol. The van der Waals surface area contributed by atoms with Crippen LogP contribution >= 0.6 is 0 Å². The Morgan fingerprint density at radius 2 is 1.88 bits per heavy atom. The van der Waals surface area contributed by atoms with E-state index in [0.29, 0.717) is 22.2 Å². The molecule has 0 saturated heterocycles. The second-order valence-electron chi connectivity index (χ2n) is 7.92. The predicted octanol–water partition coefficient (Wildman–Crippen LogP) is 5.96. The van der Waals surface area contributed by atoms with E-state index in [2.05, 4.69) is 16.4 Å². The van der Waals surface area contributed by atoms with E-state index in [0.717, 1.165) is 16.8 Å². The maximum absolute atomic E-state index is 14.5. The standard InChI is InChI=1S/C26H22FN3O2/c1-14-11-19(17(4)30-22-10-9-15(2)29-23(22)13-28)26-20(12-14)24(31)16(3)25(32-26)18-7-5-6-8-21(18)27/h5-12,17,30H,1-4H3/t17-/m1/s1. The molecule has 4 rings (SSSR count). The molecule has 2 heterocycles. The van der Waals surface area contributed by atoms with Crippen LogP contribution in [0.4, 0.5) is 10.1 Å². The number of pyridine rings is 1. The van der Waals surface area contributed by atoms with Crippen molar-refractivity contribution in [1.82, 2.24) is 4.98 Å². The molecule has 0 aliphatic rings. The lowest BCUT2D eigenvalue weighted by Crippen LogP contribution is -2.13. The number of hydrogen-bond acceptors (Lipinski definition) is 5. The normalized spacial score (nSPS) is 11.9. The highest BCUT2D eigenvalue weighted by Gasteiger charge is 2.20. The Balaban J connectivity index is 1.91. The Kier molecular flexibility index (Phi) is 5.50. The van der Waals surface area contributed by atoms with Crippen molar-refractivity contribution in [3.63, 3.8) is 0 Å². The molecule has 0 saturated carbocycles. The van der Waals surface area contributed by atoms with E-state index in [1.165, 1.54) is 6.07 Å². The lowest BCUT2D eigenvalue weighted by atomic mass is 9.98. The van der Waals surface area contributed by atoms with Gasteiger partial charge in [-0.2, -0.15) is 5.26 Å². The summed E-state index contributed by atoms with van der Waals surface area (Å²) in [6, 6.07) is 15.4. The molecule has 0 radical (unpaired) electrons. The molecule has 0 fully saturated rings. The minimum absolute atomic E-state index is 0.198. The zero-order valence-corrected chi connectivity index (χ0v) is 18.3. The van der Waals surface area contributed by atoms with Gasteiger partial charge in [-0.25, -0.2) is 9.37 Å². The molecule has 0 bridgehead atoms. The van der Waals surface area contributed by atoms with Crippen LogP contribution in [0.15, 0.2) is 57.7 Å². The zero-order chi connectivity index (χ0) is 23.0. The number of aromatic nitrogens is 1. The summed E-state index contributed by atoms with van der Waals surface area (Å²) in [6.07, 6.45) is 0. The van der Waals surface area contributed by atoms with Crippen molar-refractivity contribution in [2.45, 2.75) is 33.7 Å². The third-order valence-electron chi connectivity index (χ3n) is 5.49. The van der Waals surface area contributed by atoms with Gasteiger partial charge in [0.1, 0.15) is 23.2 Å². The fourth-order valence-electron chi connectivity index (χ4n) is 3.86. The Hall–Kier alpha value is -3.98. The van der Waals surface area contributed by atoms with E-state index < -0.39 is 5.82 Å². The highest BCUT2D eigenvalue weighted by molar-refractivity contribution is 5.84. The summed E-state index contributed by atoms with van der Waals surface area (Å²) in [5.74, 6) is -0.241. The quantitative estimate of drug-likeness (QED) is 0.434. The van der Waals surface area contributed by atoms with Gasteiger partial charge < -0.3 is 9.73 Å². The zero-order valence-electron chi connectivity index (χ0n) is 18.3. The van der Waals surface area contributed by atoms with E-state index in [1.54, 1.807) is 37.3 Å². The van der Waals surface area contributed by atoms with Crippen molar-refractivity contribution in [1.29, 1.82) is 5.26 Å². The molecule has 0 aliphatic heterocycles. The number of hydrogen-bond donors (Lipinski definition) is 1. The first-order valence-electron chi connectivity index (χ1n) is 10.3. The van der Waals surface area contributed by atoms with Crippen molar-refractivity contribution >= 4 is 16.7 Å². The Morgan fingerprint density at radius 3 is 2.59 bits per heavy atom. The van der Waals surface area contributed by atoms with Gasteiger partial charge in [0.2, 0.25) is 0 Å². The molecule has 2 aromatic heterocycles. The third-order valence-corrected chi connectivity index (χ3v) is 5.49. The first-order chi connectivity index (χ1) is 15.3. The maximum Gasteiger partial charge on any atom is 0.196 e. The van der Waals surface area contributed by atoms with Crippen LogP contribution in [0, 0.1) is 37.9 Å². The molecule has 6 heteroatoms. The molecule has 160 valence electrons. The summed E-state index contributed by atoms with van der Waals surface area (Å²) in [6.45, 7) is 7.29. The van der Waals surface area contributed by atoms with Crippen LogP contribution < -0.4 is 10.7 Å². The largest absolute Gasteiger partial charge is 0.455 e. The molecule has 0 aliphatic carbocycles. The van der Waals surface area contributed by atoms with Crippen molar-refractivity contribution < 1.29 is 8.81 Å². The predicted molar refractivity (Wildman–Crippen MR) is 123 cm³/mol. The number of anilines is 1.